The van der Waals surface area contributed by atoms with Crippen molar-refractivity contribution in [3.05, 3.63) is 0 Å². The third kappa shape index (κ3) is 5.96. The molecule has 4 aliphatic rings. The van der Waals surface area contributed by atoms with Gasteiger partial charge in [0.1, 0.15) is 5.60 Å². The van der Waals surface area contributed by atoms with Crippen molar-refractivity contribution < 1.29 is 24.2 Å². The number of piperidine rings is 2. The van der Waals surface area contributed by atoms with Crippen molar-refractivity contribution in [2.75, 3.05) is 40.3 Å². The zero-order chi connectivity index (χ0) is 21.2. The second-order valence-electron chi connectivity index (χ2n) is 8.70. The van der Waals surface area contributed by atoms with E-state index in [0.717, 1.165) is 13.1 Å². The fraction of sp³-hybridized carbons (Fsp3) is 0.842. The molecule has 5 N–H and O–H groups in total. The molecule has 2 saturated heterocycles. The number of carbonyl (C=O) groups excluding carboxylic acids is 2. The Morgan fingerprint density at radius 1 is 1.03 bits per heavy atom. The normalized spacial score (nSPS) is 32.7. The number of ether oxygens (including phenoxy) is 1. The van der Waals surface area contributed by atoms with Gasteiger partial charge in [-0.2, -0.15) is 0 Å². The lowest BCUT2D eigenvalue weighted by molar-refractivity contribution is -0.139. The van der Waals surface area contributed by atoms with E-state index in [1.165, 1.54) is 7.05 Å². The number of carboxylic acid groups (broad SMARTS) is 1. The molecule has 10 heteroatoms. The Morgan fingerprint density at radius 3 is 1.90 bits per heavy atom. The van der Waals surface area contributed by atoms with Crippen molar-refractivity contribution in [3.63, 3.8) is 0 Å². The monoisotopic (exact) mass is 434 g/mol. The Balaban J connectivity index is 0.000000279. The number of rotatable bonds is 2. The largest absolute Gasteiger partial charge is 0.481 e. The molecule has 2 aliphatic heterocycles. The molecule has 168 valence electrons. The minimum Gasteiger partial charge on any atom is -0.481 e. The van der Waals surface area contributed by atoms with Gasteiger partial charge in [0.05, 0.1) is 5.92 Å². The van der Waals surface area contributed by atoms with E-state index in [1.807, 2.05) is 20.8 Å². The summed E-state index contributed by atoms with van der Waals surface area (Å²) in [6.45, 7) is 8.60. The van der Waals surface area contributed by atoms with Crippen LogP contribution in [0.25, 0.3) is 0 Å². The molecule has 4 fully saturated rings. The summed E-state index contributed by atoms with van der Waals surface area (Å²) in [6, 6.07) is 0. The predicted octanol–water partition coefficient (Wildman–Crippen LogP) is 0.378. The number of carbonyl (C=O) groups is 3. The van der Waals surface area contributed by atoms with E-state index in [-0.39, 0.29) is 42.2 Å². The SMILES string of the molecule is CC(C)(C)OC(=O)N1C[C@@H]2C(C(=O)O)[C@@H]2C1.CN.CNC(=O)C1[C@H]2CNC[C@@H]12.Cl. The van der Waals surface area contributed by atoms with Gasteiger partial charge in [0.2, 0.25) is 5.91 Å². The van der Waals surface area contributed by atoms with Crippen molar-refractivity contribution in [2.24, 2.45) is 41.2 Å². The summed E-state index contributed by atoms with van der Waals surface area (Å²) in [5.41, 5.74) is 4.01. The Hall–Kier alpha value is -1.58. The molecule has 2 aliphatic carbocycles. The number of likely N-dealkylation sites (tertiary alicyclic amines) is 1. The number of hydrogen-bond acceptors (Lipinski definition) is 6. The molecule has 4 rings (SSSR count). The van der Waals surface area contributed by atoms with Crippen molar-refractivity contribution >= 4 is 30.4 Å². The zero-order valence-corrected chi connectivity index (χ0v) is 18.6. The molecule has 2 heterocycles. The second kappa shape index (κ2) is 9.95. The number of halogens is 1. The summed E-state index contributed by atoms with van der Waals surface area (Å²) < 4.78 is 5.23. The standard InChI is InChI=1S/C11H17NO4.C7H12N2O.CH5N.ClH/c1-11(2,3)16-10(15)12-4-6-7(5-12)8(6)9(13)14;1-8-7(10)6-4-2-9-3-5(4)6;1-2;/h6-8H,4-5H2,1-3H3,(H,13,14);4-6,9H,2-3H2,1H3,(H,8,10);2H2,1H3;1H/t6-,7+,8?;4-,5+,6?;;. The van der Waals surface area contributed by atoms with E-state index < -0.39 is 11.6 Å². The molecule has 2 unspecified atom stereocenters. The highest BCUT2D eigenvalue weighted by Gasteiger charge is 2.61. The predicted molar refractivity (Wildman–Crippen MR) is 111 cm³/mol. The fourth-order valence-corrected chi connectivity index (χ4v) is 4.34. The van der Waals surface area contributed by atoms with Crippen LogP contribution < -0.4 is 16.4 Å². The highest BCUT2D eigenvalue weighted by Crippen LogP contribution is 2.52. The summed E-state index contributed by atoms with van der Waals surface area (Å²) >= 11 is 0. The van der Waals surface area contributed by atoms with E-state index in [4.69, 9.17) is 9.84 Å². The number of hydrogen-bond donors (Lipinski definition) is 4. The van der Waals surface area contributed by atoms with Crippen LogP contribution in [0.5, 0.6) is 0 Å². The molecule has 9 nitrogen and oxygen atoms in total. The van der Waals surface area contributed by atoms with Crippen LogP contribution in [-0.4, -0.2) is 73.9 Å². The first kappa shape index (κ1) is 25.5. The topological polar surface area (TPSA) is 134 Å². The van der Waals surface area contributed by atoms with E-state index in [1.54, 1.807) is 11.9 Å². The Labute approximate surface area is 178 Å². The fourth-order valence-electron chi connectivity index (χ4n) is 4.34. The first-order valence-electron chi connectivity index (χ1n) is 9.85. The number of fused-ring (bicyclic) bond motifs is 2. The summed E-state index contributed by atoms with van der Waals surface area (Å²) in [5.74, 6) is 1.19. The lowest BCUT2D eigenvalue weighted by Crippen LogP contribution is -2.37. The number of nitrogens with two attached hydrogens (primary N) is 1. The van der Waals surface area contributed by atoms with E-state index in [2.05, 4.69) is 16.4 Å². The van der Waals surface area contributed by atoms with Crippen LogP contribution in [0.1, 0.15) is 20.8 Å². The summed E-state index contributed by atoms with van der Waals surface area (Å²) in [4.78, 5) is 35.1. The average molecular weight is 435 g/mol. The number of aliphatic carboxylic acids is 1. The van der Waals surface area contributed by atoms with Gasteiger partial charge >= 0.3 is 12.1 Å². The summed E-state index contributed by atoms with van der Waals surface area (Å²) in [7, 11) is 3.21. The molecule has 0 bridgehead atoms. The molecule has 0 aromatic heterocycles. The van der Waals surface area contributed by atoms with Crippen molar-refractivity contribution in [2.45, 2.75) is 26.4 Å². The molecule has 6 atom stereocenters. The van der Waals surface area contributed by atoms with Gasteiger partial charge in [-0.1, -0.05) is 0 Å². The number of amides is 2. The highest BCUT2D eigenvalue weighted by atomic mass is 35.5. The van der Waals surface area contributed by atoms with E-state index >= 15 is 0 Å². The maximum atomic E-state index is 11.7. The molecule has 0 aromatic rings. The van der Waals surface area contributed by atoms with Crippen LogP contribution in [-0.2, 0) is 14.3 Å². The molecule has 0 radical (unpaired) electrons. The maximum absolute atomic E-state index is 11.7. The number of nitrogens with one attached hydrogen (secondary N) is 2. The van der Waals surface area contributed by atoms with Crippen LogP contribution in [0.15, 0.2) is 0 Å². The molecule has 2 amide bonds. The van der Waals surface area contributed by atoms with Crippen LogP contribution >= 0.6 is 12.4 Å². The molecular formula is C19H35ClN4O5. The smallest absolute Gasteiger partial charge is 0.410 e. The highest BCUT2D eigenvalue weighted by molar-refractivity contribution is 5.85. The van der Waals surface area contributed by atoms with Gasteiger partial charge in [-0.25, -0.2) is 4.79 Å². The van der Waals surface area contributed by atoms with Gasteiger partial charge in [0.15, 0.2) is 0 Å². The third-order valence-corrected chi connectivity index (χ3v) is 5.77. The second-order valence-corrected chi connectivity index (χ2v) is 8.70. The third-order valence-electron chi connectivity index (χ3n) is 5.77. The molecule has 29 heavy (non-hydrogen) atoms. The first-order valence-corrected chi connectivity index (χ1v) is 9.85. The van der Waals surface area contributed by atoms with E-state index in [9.17, 15) is 14.4 Å². The summed E-state index contributed by atoms with van der Waals surface area (Å²) in [5, 5.41) is 14.8. The Morgan fingerprint density at radius 2 is 1.52 bits per heavy atom. The zero-order valence-electron chi connectivity index (χ0n) is 17.8. The lowest BCUT2D eigenvalue weighted by atomic mass is 10.2. The number of nitrogens with zero attached hydrogens (tertiary/aromatic N) is 1. The summed E-state index contributed by atoms with van der Waals surface area (Å²) in [6.07, 6.45) is -0.330. The lowest BCUT2D eigenvalue weighted by Gasteiger charge is -2.25. The van der Waals surface area contributed by atoms with Gasteiger partial charge < -0.3 is 31.1 Å². The minimum absolute atomic E-state index is 0. The van der Waals surface area contributed by atoms with E-state index in [0.29, 0.717) is 30.8 Å². The van der Waals surface area contributed by atoms with Gasteiger partial charge in [0.25, 0.3) is 0 Å². The van der Waals surface area contributed by atoms with Gasteiger partial charge in [-0.3, -0.25) is 9.59 Å². The Bertz CT molecular complexity index is 590. The van der Waals surface area contributed by atoms with Gasteiger partial charge in [-0.15, -0.1) is 12.4 Å². The number of carboxylic acids is 1. The first-order chi connectivity index (χ1) is 13.1. The maximum Gasteiger partial charge on any atom is 0.410 e. The van der Waals surface area contributed by atoms with Gasteiger partial charge in [-0.05, 0) is 64.6 Å². The average Bonchev–Trinajstić information content (AvgIpc) is 3.35. The quantitative estimate of drug-likeness (QED) is 0.493. The minimum atomic E-state index is -0.737. The van der Waals surface area contributed by atoms with Crippen LogP contribution in [0.3, 0.4) is 0 Å². The van der Waals surface area contributed by atoms with Crippen molar-refractivity contribution in [1.82, 2.24) is 15.5 Å². The molecule has 0 spiro atoms. The molecule has 0 aromatic carbocycles. The van der Waals surface area contributed by atoms with Crippen LogP contribution in [0.4, 0.5) is 4.79 Å². The Kier molecular flexibility index (Phi) is 8.74. The van der Waals surface area contributed by atoms with Crippen molar-refractivity contribution in [1.29, 1.82) is 0 Å². The van der Waals surface area contributed by atoms with Crippen LogP contribution in [0, 0.1) is 35.5 Å². The van der Waals surface area contributed by atoms with Crippen molar-refractivity contribution in [3.8, 4) is 0 Å². The molecular weight excluding hydrogens is 400 g/mol. The van der Waals surface area contributed by atoms with Crippen LogP contribution in [0.2, 0.25) is 0 Å². The van der Waals surface area contributed by atoms with Gasteiger partial charge in [0, 0.05) is 26.1 Å². The molecule has 2 saturated carbocycles.